The van der Waals surface area contributed by atoms with Gasteiger partial charge in [0.1, 0.15) is 5.82 Å². The molecule has 0 heterocycles. The van der Waals surface area contributed by atoms with Crippen molar-refractivity contribution in [3.63, 3.8) is 0 Å². The number of benzene rings is 1. The molecule has 0 saturated heterocycles. The fourth-order valence-electron chi connectivity index (χ4n) is 2.70. The van der Waals surface area contributed by atoms with Gasteiger partial charge in [0.2, 0.25) is 0 Å². The van der Waals surface area contributed by atoms with E-state index in [1.54, 1.807) is 18.2 Å². The minimum Gasteiger partial charge on any atom is -0.294 e. The van der Waals surface area contributed by atoms with Crippen molar-refractivity contribution in [2.24, 2.45) is 17.8 Å². The zero-order valence-corrected chi connectivity index (χ0v) is 12.3. The van der Waals surface area contributed by atoms with Gasteiger partial charge in [0.15, 0.2) is 5.78 Å². The summed E-state index contributed by atoms with van der Waals surface area (Å²) >= 11 is 3.13. The minimum atomic E-state index is -0.422. The van der Waals surface area contributed by atoms with E-state index in [0.29, 0.717) is 16.3 Å². The molecule has 0 radical (unpaired) electrons. The predicted octanol–water partition coefficient (Wildman–Crippen LogP) is 4.84. The van der Waals surface area contributed by atoms with E-state index in [2.05, 4.69) is 29.8 Å². The number of halogens is 2. The van der Waals surface area contributed by atoms with Gasteiger partial charge in [0.05, 0.1) is 10.0 Å². The third-order valence-corrected chi connectivity index (χ3v) is 4.80. The normalized spacial score (nSPS) is 28.1. The summed E-state index contributed by atoms with van der Waals surface area (Å²) in [5, 5.41) is 0. The Kier molecular flexibility index (Phi) is 4.21. The van der Waals surface area contributed by atoms with Gasteiger partial charge in [0.25, 0.3) is 0 Å². The monoisotopic (exact) mass is 312 g/mol. The van der Waals surface area contributed by atoms with Crippen molar-refractivity contribution in [2.75, 3.05) is 0 Å². The lowest BCUT2D eigenvalue weighted by Gasteiger charge is -2.31. The Morgan fingerprint density at radius 3 is 2.67 bits per heavy atom. The molecule has 0 bridgehead atoms. The first-order valence-corrected chi connectivity index (χ1v) is 7.28. The third kappa shape index (κ3) is 2.66. The molecule has 98 valence electrons. The van der Waals surface area contributed by atoms with Crippen LogP contribution in [-0.2, 0) is 0 Å². The smallest absolute Gasteiger partial charge is 0.168 e. The van der Waals surface area contributed by atoms with Gasteiger partial charge in [-0.1, -0.05) is 19.9 Å². The second kappa shape index (κ2) is 5.52. The number of carbonyl (C=O) groups excluding carboxylic acids is 1. The molecule has 1 saturated carbocycles. The summed E-state index contributed by atoms with van der Waals surface area (Å²) in [5.74, 6) is 0.741. The Labute approximate surface area is 116 Å². The first kappa shape index (κ1) is 13.7. The summed E-state index contributed by atoms with van der Waals surface area (Å²) in [4.78, 5) is 12.4. The molecule has 1 aromatic rings. The number of ketones is 1. The fraction of sp³-hybridized carbons (Fsp3) is 0.533. The highest BCUT2D eigenvalue weighted by atomic mass is 79.9. The van der Waals surface area contributed by atoms with E-state index in [1.165, 1.54) is 0 Å². The van der Waals surface area contributed by atoms with Crippen LogP contribution in [0.25, 0.3) is 0 Å². The molecular weight excluding hydrogens is 295 g/mol. The summed E-state index contributed by atoms with van der Waals surface area (Å²) in [6.45, 7) is 4.41. The lowest BCUT2D eigenvalue weighted by atomic mass is 9.73. The molecule has 0 spiro atoms. The number of rotatable bonds is 2. The van der Waals surface area contributed by atoms with E-state index in [1.807, 2.05) is 0 Å². The highest BCUT2D eigenvalue weighted by molar-refractivity contribution is 9.10. The van der Waals surface area contributed by atoms with Crippen LogP contribution in [0.2, 0.25) is 0 Å². The molecule has 1 aromatic carbocycles. The lowest BCUT2D eigenvalue weighted by Crippen LogP contribution is -2.27. The minimum absolute atomic E-state index is 0.0139. The quantitative estimate of drug-likeness (QED) is 0.714. The van der Waals surface area contributed by atoms with Crippen molar-refractivity contribution in [1.82, 2.24) is 0 Å². The molecule has 1 fully saturated rings. The molecule has 2 rings (SSSR count). The van der Waals surface area contributed by atoms with Crippen molar-refractivity contribution in [1.29, 1.82) is 0 Å². The van der Waals surface area contributed by atoms with Crippen LogP contribution in [0.3, 0.4) is 0 Å². The highest BCUT2D eigenvalue weighted by Gasteiger charge is 2.31. The number of Topliss-reactive ketones (excluding diaryl/α,β-unsaturated/α-hetero) is 1. The molecule has 1 nitrogen and oxygen atoms in total. The van der Waals surface area contributed by atoms with Crippen LogP contribution in [0.4, 0.5) is 4.39 Å². The Hall–Kier alpha value is -0.700. The first-order chi connectivity index (χ1) is 8.50. The van der Waals surface area contributed by atoms with Crippen LogP contribution in [-0.4, -0.2) is 5.78 Å². The van der Waals surface area contributed by atoms with Crippen LogP contribution >= 0.6 is 15.9 Å². The number of carbonyl (C=O) groups is 1. The van der Waals surface area contributed by atoms with Gasteiger partial charge in [-0.2, -0.15) is 0 Å². The molecule has 0 amide bonds. The van der Waals surface area contributed by atoms with E-state index < -0.39 is 5.82 Å². The summed E-state index contributed by atoms with van der Waals surface area (Å²) in [7, 11) is 0. The van der Waals surface area contributed by atoms with E-state index in [-0.39, 0.29) is 17.3 Å². The Morgan fingerprint density at radius 2 is 2.00 bits per heavy atom. The molecule has 3 heteroatoms. The van der Waals surface area contributed by atoms with E-state index in [9.17, 15) is 9.18 Å². The molecule has 0 N–H and O–H groups in total. The maximum Gasteiger partial charge on any atom is 0.168 e. The zero-order chi connectivity index (χ0) is 13.3. The largest absolute Gasteiger partial charge is 0.294 e. The summed E-state index contributed by atoms with van der Waals surface area (Å²) in [6.07, 6.45) is 2.83. The maximum atomic E-state index is 13.9. The van der Waals surface area contributed by atoms with Gasteiger partial charge in [-0.05, 0) is 59.2 Å². The van der Waals surface area contributed by atoms with Crippen LogP contribution < -0.4 is 0 Å². The Balaban J connectivity index is 2.19. The van der Waals surface area contributed by atoms with Crippen LogP contribution in [0, 0.1) is 23.6 Å². The van der Waals surface area contributed by atoms with Gasteiger partial charge >= 0.3 is 0 Å². The average Bonchev–Trinajstić information content (AvgIpc) is 2.35. The summed E-state index contributed by atoms with van der Waals surface area (Å²) in [6, 6.07) is 4.93. The van der Waals surface area contributed by atoms with E-state index in [0.717, 1.165) is 19.3 Å². The third-order valence-electron chi connectivity index (χ3n) is 4.19. The molecular formula is C15H18BrFO. The van der Waals surface area contributed by atoms with E-state index >= 15 is 0 Å². The Bertz CT molecular complexity index is 458. The maximum absolute atomic E-state index is 13.9. The summed E-state index contributed by atoms with van der Waals surface area (Å²) < 4.78 is 14.3. The SMILES string of the molecule is CC1CCC(C(=O)c2cccc(Br)c2F)CC1C. The standard InChI is InChI=1S/C15H18BrFO/c1-9-6-7-11(8-10(9)2)15(18)12-4-3-5-13(16)14(12)17/h3-5,9-11H,6-8H2,1-2H3. The zero-order valence-electron chi connectivity index (χ0n) is 10.7. The molecule has 0 aliphatic heterocycles. The molecule has 3 unspecified atom stereocenters. The van der Waals surface area contributed by atoms with Gasteiger partial charge in [-0.25, -0.2) is 4.39 Å². The van der Waals surface area contributed by atoms with Gasteiger partial charge in [-0.3, -0.25) is 4.79 Å². The molecule has 0 aromatic heterocycles. The number of hydrogen-bond donors (Lipinski definition) is 0. The second-order valence-corrected chi connectivity index (χ2v) is 6.28. The van der Waals surface area contributed by atoms with Crippen molar-refractivity contribution < 1.29 is 9.18 Å². The topological polar surface area (TPSA) is 17.1 Å². The van der Waals surface area contributed by atoms with Gasteiger partial charge in [-0.15, -0.1) is 0 Å². The van der Waals surface area contributed by atoms with Crippen molar-refractivity contribution >= 4 is 21.7 Å². The number of hydrogen-bond acceptors (Lipinski definition) is 1. The average molecular weight is 313 g/mol. The van der Waals surface area contributed by atoms with Crippen molar-refractivity contribution in [3.8, 4) is 0 Å². The molecule has 18 heavy (non-hydrogen) atoms. The molecule has 1 aliphatic rings. The van der Waals surface area contributed by atoms with E-state index in [4.69, 9.17) is 0 Å². The summed E-state index contributed by atoms with van der Waals surface area (Å²) in [5.41, 5.74) is 0.233. The van der Waals surface area contributed by atoms with Gasteiger partial charge in [0, 0.05) is 5.92 Å². The van der Waals surface area contributed by atoms with Crippen molar-refractivity contribution in [3.05, 3.63) is 34.1 Å². The Morgan fingerprint density at radius 1 is 1.28 bits per heavy atom. The van der Waals surface area contributed by atoms with Crippen molar-refractivity contribution in [2.45, 2.75) is 33.1 Å². The van der Waals surface area contributed by atoms with Crippen LogP contribution in [0.1, 0.15) is 43.5 Å². The molecule has 3 atom stereocenters. The van der Waals surface area contributed by atoms with Crippen LogP contribution in [0.15, 0.2) is 22.7 Å². The highest BCUT2D eigenvalue weighted by Crippen LogP contribution is 2.35. The van der Waals surface area contributed by atoms with Crippen LogP contribution in [0.5, 0.6) is 0 Å². The lowest BCUT2D eigenvalue weighted by molar-refractivity contribution is 0.0833. The second-order valence-electron chi connectivity index (χ2n) is 5.43. The first-order valence-electron chi connectivity index (χ1n) is 6.49. The predicted molar refractivity (Wildman–Crippen MR) is 74.1 cm³/mol. The fourth-order valence-corrected chi connectivity index (χ4v) is 3.07. The van der Waals surface area contributed by atoms with Gasteiger partial charge < -0.3 is 0 Å². The molecule has 1 aliphatic carbocycles.